The molecule has 2 heterocycles. The number of aromatic nitrogens is 1. The van der Waals surface area contributed by atoms with Crippen LogP contribution in [0.3, 0.4) is 0 Å². The Morgan fingerprint density at radius 1 is 1.39 bits per heavy atom. The Morgan fingerprint density at radius 2 is 2.17 bits per heavy atom. The molecule has 4 nitrogen and oxygen atoms in total. The van der Waals surface area contributed by atoms with E-state index in [-0.39, 0.29) is 18.2 Å². The lowest BCUT2D eigenvalue weighted by Crippen LogP contribution is -2.12. The average Bonchev–Trinajstić information content (AvgIpc) is 2.35. The van der Waals surface area contributed by atoms with Crippen LogP contribution in [-0.4, -0.2) is 24.2 Å². The van der Waals surface area contributed by atoms with Gasteiger partial charge in [-0.2, -0.15) is 0 Å². The highest BCUT2D eigenvalue weighted by molar-refractivity contribution is 6.05. The molecular formula is C13H13ClN2O2. The number of hydrogen-bond acceptors (Lipinski definition) is 4. The molecule has 0 spiro atoms. The quantitative estimate of drug-likeness (QED) is 0.860. The molecule has 0 atom stereocenters. The smallest absolute Gasteiger partial charge is 0.182 e. The highest BCUT2D eigenvalue weighted by atomic mass is 35.5. The summed E-state index contributed by atoms with van der Waals surface area (Å²) in [5, 5.41) is 12.2. The maximum atomic E-state index is 10.2. The van der Waals surface area contributed by atoms with Crippen LogP contribution in [0.15, 0.2) is 24.5 Å². The van der Waals surface area contributed by atoms with E-state index < -0.39 is 0 Å². The van der Waals surface area contributed by atoms with E-state index in [1.165, 1.54) is 0 Å². The maximum absolute atomic E-state index is 10.2. The number of rotatable bonds is 1. The zero-order valence-corrected chi connectivity index (χ0v) is 10.9. The minimum atomic E-state index is 0. The van der Waals surface area contributed by atoms with Gasteiger partial charge in [-0.25, -0.2) is 0 Å². The van der Waals surface area contributed by atoms with Gasteiger partial charge in [0.2, 0.25) is 0 Å². The van der Waals surface area contributed by atoms with Crippen LogP contribution in [-0.2, 0) is 0 Å². The van der Waals surface area contributed by atoms with Gasteiger partial charge >= 0.3 is 0 Å². The Morgan fingerprint density at radius 3 is 2.89 bits per heavy atom. The number of phenols is 1. The summed E-state index contributed by atoms with van der Waals surface area (Å²) in [5.74, 6) is 0.632. The van der Waals surface area contributed by atoms with Crippen LogP contribution in [0.5, 0.6) is 11.5 Å². The second-order valence-corrected chi connectivity index (χ2v) is 4.00. The lowest BCUT2D eigenvalue weighted by molar-refractivity contribution is 0.375. The number of phenolic OH excluding ortho intramolecular Hbond substituents is 1. The molecule has 1 aromatic carbocycles. The van der Waals surface area contributed by atoms with Gasteiger partial charge in [0.15, 0.2) is 11.5 Å². The number of ether oxygens (including phenoxy) is 1. The number of methoxy groups -OCH3 is 1. The van der Waals surface area contributed by atoms with Crippen molar-refractivity contribution in [2.45, 2.75) is 0 Å². The Hall–Kier alpha value is -1.94. The maximum Gasteiger partial charge on any atom is 0.182 e. The number of anilines is 1. The highest BCUT2D eigenvalue weighted by Gasteiger charge is 2.20. The van der Waals surface area contributed by atoms with Gasteiger partial charge < -0.3 is 14.7 Å². The Bertz CT molecular complexity index is 640. The van der Waals surface area contributed by atoms with Crippen molar-refractivity contribution in [1.82, 2.24) is 4.98 Å². The fourth-order valence-electron chi connectivity index (χ4n) is 2.20. The molecule has 1 aromatic heterocycles. The second kappa shape index (κ2) is 4.38. The van der Waals surface area contributed by atoms with E-state index in [0.29, 0.717) is 5.75 Å². The average molecular weight is 265 g/mol. The van der Waals surface area contributed by atoms with Gasteiger partial charge in [-0.1, -0.05) is 0 Å². The summed E-state index contributed by atoms with van der Waals surface area (Å²) in [6.07, 6.45) is 5.57. The van der Waals surface area contributed by atoms with Gasteiger partial charge in [-0.05, 0) is 23.6 Å². The molecule has 0 amide bonds. The van der Waals surface area contributed by atoms with Gasteiger partial charge in [-0.15, -0.1) is 12.4 Å². The van der Waals surface area contributed by atoms with Crippen molar-refractivity contribution < 1.29 is 9.84 Å². The first kappa shape index (κ1) is 12.5. The zero-order valence-electron chi connectivity index (χ0n) is 10.0. The summed E-state index contributed by atoms with van der Waals surface area (Å²) in [6, 6.07) is 3.74. The molecule has 5 heteroatoms. The first-order valence-electron chi connectivity index (χ1n) is 5.32. The van der Waals surface area contributed by atoms with Crippen molar-refractivity contribution in [1.29, 1.82) is 0 Å². The monoisotopic (exact) mass is 264 g/mol. The third-order valence-electron chi connectivity index (χ3n) is 3.02. The lowest BCUT2D eigenvalue weighted by Gasteiger charge is -2.23. The molecule has 3 rings (SSSR count). The fourth-order valence-corrected chi connectivity index (χ4v) is 2.20. The summed E-state index contributed by atoms with van der Waals surface area (Å²) in [6.45, 7) is 0. The predicted molar refractivity (Wildman–Crippen MR) is 74.6 cm³/mol. The first-order valence-corrected chi connectivity index (χ1v) is 5.32. The van der Waals surface area contributed by atoms with Crippen molar-refractivity contribution >= 4 is 34.9 Å². The van der Waals surface area contributed by atoms with E-state index in [4.69, 9.17) is 4.74 Å². The second-order valence-electron chi connectivity index (χ2n) is 4.00. The van der Waals surface area contributed by atoms with Crippen molar-refractivity contribution in [3.8, 4) is 11.5 Å². The molecule has 0 bridgehead atoms. The van der Waals surface area contributed by atoms with E-state index in [2.05, 4.69) is 4.98 Å². The molecule has 0 radical (unpaired) electrons. The number of aromatic hydroxyl groups is 1. The minimum absolute atomic E-state index is 0. The van der Waals surface area contributed by atoms with E-state index in [9.17, 15) is 5.11 Å². The van der Waals surface area contributed by atoms with Crippen molar-refractivity contribution in [3.63, 3.8) is 0 Å². The summed E-state index contributed by atoms with van der Waals surface area (Å²) in [5.41, 5.74) is 1.61. The zero-order chi connectivity index (χ0) is 12.0. The van der Waals surface area contributed by atoms with Crippen LogP contribution in [0, 0.1) is 0 Å². The number of benzene rings is 1. The van der Waals surface area contributed by atoms with Gasteiger partial charge in [0.05, 0.1) is 18.5 Å². The van der Waals surface area contributed by atoms with E-state index in [0.717, 1.165) is 22.2 Å². The lowest BCUT2D eigenvalue weighted by atomic mass is 10.0. The standard InChI is InChI=1S/C13H12N2O2.ClH/c1-15-6-4-9-11-8(3-5-14-9)7-10(17-2)13(16)12(11)15;/h3-7,16H,1-2H3;1H. The summed E-state index contributed by atoms with van der Waals surface area (Å²) >= 11 is 0. The molecule has 1 aliphatic heterocycles. The third-order valence-corrected chi connectivity index (χ3v) is 3.02. The van der Waals surface area contributed by atoms with E-state index >= 15 is 0 Å². The molecule has 1 N–H and O–H groups in total. The molecule has 2 aromatic rings. The highest BCUT2D eigenvalue weighted by Crippen LogP contribution is 2.45. The molecule has 0 fully saturated rings. The topological polar surface area (TPSA) is 45.6 Å². The Labute approximate surface area is 111 Å². The van der Waals surface area contributed by atoms with Gasteiger partial charge in [0, 0.05) is 24.8 Å². The van der Waals surface area contributed by atoms with Gasteiger partial charge in [0.25, 0.3) is 0 Å². The van der Waals surface area contributed by atoms with Crippen molar-refractivity contribution in [2.24, 2.45) is 0 Å². The van der Waals surface area contributed by atoms with Crippen molar-refractivity contribution in [3.05, 3.63) is 30.2 Å². The van der Waals surface area contributed by atoms with E-state index in [1.807, 2.05) is 36.4 Å². The Kier molecular flexibility index (Phi) is 3.05. The molecule has 0 aliphatic carbocycles. The normalized spacial score (nSPS) is 12.4. The number of hydrogen-bond donors (Lipinski definition) is 1. The van der Waals surface area contributed by atoms with Gasteiger partial charge in [0.1, 0.15) is 0 Å². The predicted octanol–water partition coefficient (Wildman–Crippen LogP) is 2.79. The first-order chi connectivity index (χ1) is 8.22. The molecular weight excluding hydrogens is 252 g/mol. The van der Waals surface area contributed by atoms with Crippen LogP contribution >= 0.6 is 12.4 Å². The fraction of sp³-hybridized carbons (Fsp3) is 0.154. The molecule has 0 saturated carbocycles. The molecule has 0 saturated heterocycles. The van der Waals surface area contributed by atoms with Crippen molar-refractivity contribution in [2.75, 3.05) is 19.1 Å². The summed E-state index contributed by atoms with van der Waals surface area (Å²) < 4.78 is 5.19. The minimum Gasteiger partial charge on any atom is -0.503 e. The van der Waals surface area contributed by atoms with Crippen LogP contribution in [0.25, 0.3) is 16.8 Å². The number of nitrogens with zero attached hydrogens (tertiary/aromatic N) is 2. The molecule has 18 heavy (non-hydrogen) atoms. The van der Waals surface area contributed by atoms with E-state index in [1.54, 1.807) is 13.3 Å². The number of halogens is 1. The Balaban J connectivity index is 0.00000120. The van der Waals surface area contributed by atoms with Crippen LogP contribution in [0.4, 0.5) is 5.69 Å². The van der Waals surface area contributed by atoms with Crippen LogP contribution in [0.1, 0.15) is 5.69 Å². The molecule has 1 aliphatic rings. The largest absolute Gasteiger partial charge is 0.503 e. The summed E-state index contributed by atoms with van der Waals surface area (Å²) in [7, 11) is 3.44. The van der Waals surface area contributed by atoms with Crippen LogP contribution in [0.2, 0.25) is 0 Å². The molecule has 94 valence electrons. The summed E-state index contributed by atoms with van der Waals surface area (Å²) in [4.78, 5) is 6.17. The molecule has 0 unspecified atom stereocenters. The number of pyridine rings is 1. The SMILES string of the molecule is COc1cc2ccnc3c2c(c1O)N(C)C=C3.Cl. The third kappa shape index (κ3) is 1.57. The van der Waals surface area contributed by atoms with Gasteiger partial charge in [-0.3, -0.25) is 4.98 Å². The van der Waals surface area contributed by atoms with Crippen LogP contribution < -0.4 is 9.64 Å².